The third-order valence-electron chi connectivity index (χ3n) is 4.97. The molecule has 0 saturated carbocycles. The molecule has 2 heterocycles. The Hall–Kier alpha value is -2.83. The molecule has 0 fully saturated rings. The van der Waals surface area contributed by atoms with Crippen molar-refractivity contribution in [2.24, 2.45) is 0 Å². The van der Waals surface area contributed by atoms with E-state index in [1.165, 1.54) is 11.0 Å². The molecule has 0 spiro atoms. The minimum atomic E-state index is -0.675. The molecule has 6 nitrogen and oxygen atoms in total. The van der Waals surface area contributed by atoms with Crippen LogP contribution in [0.2, 0.25) is 5.02 Å². The number of hydrogen-bond donors (Lipinski definition) is 1. The number of ether oxygens (including phenoxy) is 1. The quantitative estimate of drug-likeness (QED) is 0.724. The molecule has 144 valence electrons. The Morgan fingerprint density at radius 2 is 2.04 bits per heavy atom. The van der Waals surface area contributed by atoms with Crippen LogP contribution in [0.5, 0.6) is 5.75 Å². The van der Waals surface area contributed by atoms with Gasteiger partial charge in [0.1, 0.15) is 11.3 Å². The molecule has 1 atom stereocenters. The van der Waals surface area contributed by atoms with Crippen molar-refractivity contribution in [3.8, 4) is 5.75 Å². The fourth-order valence-corrected chi connectivity index (χ4v) is 3.77. The molecule has 7 heteroatoms. The topological polar surface area (TPSA) is 80.0 Å². The molecule has 1 amide bonds. The summed E-state index contributed by atoms with van der Waals surface area (Å²) in [6, 6.07) is 9.06. The third kappa shape index (κ3) is 2.85. The molecule has 0 bridgehead atoms. The van der Waals surface area contributed by atoms with Gasteiger partial charge in [-0.1, -0.05) is 23.7 Å². The monoisotopic (exact) mass is 399 g/mol. The summed E-state index contributed by atoms with van der Waals surface area (Å²) in [6.45, 7) is 2.38. The zero-order valence-electron chi connectivity index (χ0n) is 15.4. The first-order valence-corrected chi connectivity index (χ1v) is 9.16. The molecule has 1 N–H and O–H groups in total. The van der Waals surface area contributed by atoms with Crippen LogP contribution < -0.4 is 5.43 Å². The zero-order valence-corrected chi connectivity index (χ0v) is 16.1. The van der Waals surface area contributed by atoms with E-state index in [4.69, 9.17) is 20.8 Å². The number of amides is 1. The largest absolute Gasteiger partial charge is 0.508 e. The highest BCUT2D eigenvalue weighted by Crippen LogP contribution is 2.39. The third-order valence-corrected chi connectivity index (χ3v) is 5.38. The summed E-state index contributed by atoms with van der Waals surface area (Å²) in [4.78, 5) is 27.9. The Balaban J connectivity index is 2.00. The highest BCUT2D eigenvalue weighted by molar-refractivity contribution is 6.32. The minimum Gasteiger partial charge on any atom is -0.508 e. The fourth-order valence-electron chi connectivity index (χ4n) is 3.60. The summed E-state index contributed by atoms with van der Waals surface area (Å²) in [5, 5.41) is 10.7. The van der Waals surface area contributed by atoms with Crippen molar-refractivity contribution in [2.45, 2.75) is 13.0 Å². The highest BCUT2D eigenvalue weighted by Gasteiger charge is 2.42. The number of phenols is 1. The summed E-state index contributed by atoms with van der Waals surface area (Å²) in [6.07, 6.45) is 0. The number of fused-ring (bicyclic) bond motifs is 2. The molecule has 4 rings (SSSR count). The average Bonchev–Trinajstić information content (AvgIpc) is 2.94. The van der Waals surface area contributed by atoms with Crippen LogP contribution >= 0.6 is 11.6 Å². The Morgan fingerprint density at radius 1 is 1.25 bits per heavy atom. The number of aryl methyl sites for hydroxylation is 1. The fraction of sp³-hybridized carbons (Fsp3) is 0.238. The van der Waals surface area contributed by atoms with Gasteiger partial charge in [0.25, 0.3) is 5.91 Å². The normalized spacial score (nSPS) is 16.0. The van der Waals surface area contributed by atoms with Crippen LogP contribution in [0.25, 0.3) is 11.0 Å². The van der Waals surface area contributed by atoms with Crippen molar-refractivity contribution in [3.05, 3.63) is 74.1 Å². The van der Waals surface area contributed by atoms with E-state index in [9.17, 15) is 14.7 Å². The number of aromatic hydroxyl groups is 1. The van der Waals surface area contributed by atoms with Crippen molar-refractivity contribution in [2.75, 3.05) is 20.3 Å². The molecule has 1 aromatic heterocycles. The SMILES string of the molecule is COCCN1C(=O)c2oc3cc(C)c(Cl)cc3c(=O)c2[C@H]1c1cccc(O)c1. The van der Waals surface area contributed by atoms with Gasteiger partial charge in [-0.25, -0.2) is 0 Å². The molecule has 3 aromatic rings. The lowest BCUT2D eigenvalue weighted by Gasteiger charge is -2.24. The molecular weight excluding hydrogens is 382 g/mol. The summed E-state index contributed by atoms with van der Waals surface area (Å²) in [5.74, 6) is -0.315. The standard InChI is InChI=1S/C21H18ClNO5/c1-11-8-16-14(10-15(11)22)19(25)17-18(12-4-3-5-13(24)9-12)23(6-7-27-2)21(26)20(17)28-16/h3-5,8-10,18,24H,6-7H2,1-2H3/t18-/m1/s1. The van der Waals surface area contributed by atoms with E-state index < -0.39 is 6.04 Å². The number of benzene rings is 2. The van der Waals surface area contributed by atoms with Gasteiger partial charge in [-0.15, -0.1) is 0 Å². The van der Waals surface area contributed by atoms with Gasteiger partial charge in [0.2, 0.25) is 5.76 Å². The van der Waals surface area contributed by atoms with Crippen LogP contribution in [0.15, 0.2) is 45.6 Å². The molecule has 0 radical (unpaired) electrons. The predicted molar refractivity (Wildman–Crippen MR) is 105 cm³/mol. The summed E-state index contributed by atoms with van der Waals surface area (Å²) in [5.41, 5.74) is 1.64. The second kappa shape index (κ2) is 6.96. The van der Waals surface area contributed by atoms with Crippen LogP contribution in [0, 0.1) is 6.92 Å². The first-order valence-electron chi connectivity index (χ1n) is 8.78. The number of carbonyl (C=O) groups is 1. The van der Waals surface area contributed by atoms with E-state index in [0.29, 0.717) is 28.2 Å². The minimum absolute atomic E-state index is 0.0173. The molecular formula is C21H18ClNO5. The average molecular weight is 400 g/mol. The van der Waals surface area contributed by atoms with Crippen molar-refractivity contribution in [1.82, 2.24) is 4.90 Å². The van der Waals surface area contributed by atoms with Crippen molar-refractivity contribution in [3.63, 3.8) is 0 Å². The van der Waals surface area contributed by atoms with E-state index in [1.54, 1.807) is 44.4 Å². The predicted octanol–water partition coefficient (Wildman–Crippen LogP) is 3.65. The maximum Gasteiger partial charge on any atom is 0.290 e. The van der Waals surface area contributed by atoms with Gasteiger partial charge in [0.15, 0.2) is 5.43 Å². The van der Waals surface area contributed by atoms with Gasteiger partial charge in [-0.3, -0.25) is 9.59 Å². The lowest BCUT2D eigenvalue weighted by Crippen LogP contribution is -2.32. The molecule has 2 aromatic carbocycles. The van der Waals surface area contributed by atoms with Gasteiger partial charge in [0.05, 0.1) is 23.6 Å². The molecule has 0 aliphatic carbocycles. The van der Waals surface area contributed by atoms with Crippen molar-refractivity contribution < 1.29 is 19.1 Å². The van der Waals surface area contributed by atoms with Crippen LogP contribution in [0.1, 0.15) is 33.3 Å². The van der Waals surface area contributed by atoms with E-state index in [1.807, 2.05) is 0 Å². The highest BCUT2D eigenvalue weighted by atomic mass is 35.5. The molecule has 1 aliphatic heterocycles. The Kier molecular flexibility index (Phi) is 4.61. The lowest BCUT2D eigenvalue weighted by atomic mass is 9.98. The number of nitrogens with zero attached hydrogens (tertiary/aromatic N) is 1. The Morgan fingerprint density at radius 3 is 2.75 bits per heavy atom. The Bertz CT molecular complexity index is 1150. The number of rotatable bonds is 4. The van der Waals surface area contributed by atoms with Crippen LogP contribution in [0.4, 0.5) is 0 Å². The van der Waals surface area contributed by atoms with E-state index >= 15 is 0 Å². The maximum absolute atomic E-state index is 13.3. The summed E-state index contributed by atoms with van der Waals surface area (Å²) < 4.78 is 11.0. The number of phenolic OH excluding ortho intramolecular Hbond substituents is 1. The van der Waals surface area contributed by atoms with Gasteiger partial charge in [-0.05, 0) is 42.3 Å². The molecule has 28 heavy (non-hydrogen) atoms. The Labute approximate surface area is 165 Å². The molecule has 1 aliphatic rings. The van der Waals surface area contributed by atoms with Gasteiger partial charge in [0, 0.05) is 18.7 Å². The van der Waals surface area contributed by atoms with Crippen LogP contribution in [-0.2, 0) is 4.74 Å². The van der Waals surface area contributed by atoms with E-state index in [-0.39, 0.29) is 35.0 Å². The lowest BCUT2D eigenvalue weighted by molar-refractivity contribution is 0.0663. The van der Waals surface area contributed by atoms with Crippen molar-refractivity contribution in [1.29, 1.82) is 0 Å². The maximum atomic E-state index is 13.3. The van der Waals surface area contributed by atoms with Gasteiger partial charge in [-0.2, -0.15) is 0 Å². The second-order valence-corrected chi connectivity index (χ2v) is 7.17. The number of hydrogen-bond acceptors (Lipinski definition) is 5. The number of methoxy groups -OCH3 is 1. The second-order valence-electron chi connectivity index (χ2n) is 6.76. The summed E-state index contributed by atoms with van der Waals surface area (Å²) >= 11 is 6.20. The van der Waals surface area contributed by atoms with E-state index in [2.05, 4.69) is 0 Å². The van der Waals surface area contributed by atoms with Crippen molar-refractivity contribution >= 4 is 28.5 Å². The summed E-state index contributed by atoms with van der Waals surface area (Å²) in [7, 11) is 1.54. The number of halogens is 1. The van der Waals surface area contributed by atoms with E-state index in [0.717, 1.165) is 5.56 Å². The van der Waals surface area contributed by atoms with Crippen LogP contribution in [0.3, 0.4) is 0 Å². The first kappa shape index (κ1) is 18.5. The van der Waals surface area contributed by atoms with Crippen LogP contribution in [-0.4, -0.2) is 36.2 Å². The smallest absolute Gasteiger partial charge is 0.290 e. The van der Waals surface area contributed by atoms with Gasteiger partial charge < -0.3 is 19.2 Å². The van der Waals surface area contributed by atoms with Gasteiger partial charge >= 0.3 is 0 Å². The first-order chi connectivity index (χ1) is 13.4. The zero-order chi connectivity index (χ0) is 20.0. The number of carbonyl (C=O) groups excluding carboxylic acids is 1. The molecule has 0 saturated heterocycles. The molecule has 0 unspecified atom stereocenters.